The van der Waals surface area contributed by atoms with Crippen LogP contribution < -0.4 is 9.64 Å². The number of ether oxygens (including phenoxy) is 2. The monoisotopic (exact) mass is 426 g/mol. The van der Waals surface area contributed by atoms with E-state index in [1.54, 1.807) is 9.80 Å². The molecule has 166 valence electrons. The molecule has 7 heteroatoms. The Morgan fingerprint density at radius 1 is 1.23 bits per heavy atom. The molecule has 1 aromatic carbocycles. The van der Waals surface area contributed by atoms with Gasteiger partial charge in [-0.3, -0.25) is 14.5 Å². The molecule has 7 nitrogen and oxygen atoms in total. The van der Waals surface area contributed by atoms with Crippen LogP contribution in [-0.4, -0.2) is 48.6 Å². The number of anilines is 1. The van der Waals surface area contributed by atoms with Crippen LogP contribution in [0.25, 0.3) is 0 Å². The van der Waals surface area contributed by atoms with Gasteiger partial charge >= 0.3 is 0 Å². The van der Waals surface area contributed by atoms with Crippen molar-refractivity contribution in [1.29, 1.82) is 0 Å². The summed E-state index contributed by atoms with van der Waals surface area (Å²) in [7, 11) is 0. The smallest absolute Gasteiger partial charge is 0.268 e. The molecule has 0 spiro atoms. The van der Waals surface area contributed by atoms with Crippen LogP contribution in [0.5, 0.6) is 5.75 Å². The van der Waals surface area contributed by atoms with E-state index in [9.17, 15) is 9.59 Å². The van der Waals surface area contributed by atoms with E-state index in [4.69, 9.17) is 13.9 Å². The minimum absolute atomic E-state index is 0.00690. The lowest BCUT2D eigenvalue weighted by atomic mass is 10.0. The van der Waals surface area contributed by atoms with Crippen molar-refractivity contribution in [3.05, 3.63) is 47.9 Å². The van der Waals surface area contributed by atoms with E-state index in [2.05, 4.69) is 0 Å². The summed E-state index contributed by atoms with van der Waals surface area (Å²) in [4.78, 5) is 29.9. The van der Waals surface area contributed by atoms with E-state index in [1.165, 1.54) is 0 Å². The van der Waals surface area contributed by atoms with Gasteiger partial charge in [-0.25, -0.2) is 0 Å². The van der Waals surface area contributed by atoms with Gasteiger partial charge in [0.2, 0.25) is 5.91 Å². The molecule has 1 aromatic heterocycles. The van der Waals surface area contributed by atoms with Gasteiger partial charge in [-0.2, -0.15) is 0 Å². The average molecular weight is 427 g/mol. The second kappa shape index (κ2) is 9.14. The minimum atomic E-state index is -0.609. The van der Waals surface area contributed by atoms with Gasteiger partial charge in [-0.05, 0) is 49.9 Å². The van der Waals surface area contributed by atoms with Crippen molar-refractivity contribution in [3.63, 3.8) is 0 Å². The maximum atomic E-state index is 13.4. The first-order chi connectivity index (χ1) is 14.9. The Morgan fingerprint density at radius 2 is 2.03 bits per heavy atom. The number of carbonyl (C=O) groups is 2. The lowest BCUT2D eigenvalue weighted by molar-refractivity contribution is -0.135. The van der Waals surface area contributed by atoms with Gasteiger partial charge < -0.3 is 18.8 Å². The molecule has 1 saturated heterocycles. The fourth-order valence-corrected chi connectivity index (χ4v) is 4.11. The molecule has 4 rings (SSSR count). The van der Waals surface area contributed by atoms with Crippen LogP contribution in [0.2, 0.25) is 0 Å². The Labute approximate surface area is 182 Å². The van der Waals surface area contributed by atoms with Crippen molar-refractivity contribution in [3.8, 4) is 5.75 Å². The molecular weight excluding hydrogens is 396 g/mol. The summed E-state index contributed by atoms with van der Waals surface area (Å²) < 4.78 is 17.4. The Bertz CT molecular complexity index is 932. The lowest BCUT2D eigenvalue weighted by Gasteiger charge is -2.36. The highest BCUT2D eigenvalue weighted by Crippen LogP contribution is 2.35. The number of amides is 2. The molecule has 0 saturated carbocycles. The van der Waals surface area contributed by atoms with Gasteiger partial charge in [0.05, 0.1) is 18.3 Å². The SMILES string of the molecule is Cc1ccc(CN(C[C@@H]2CCCO2)C(=O)CN2C(=O)[C@H](C(C)C)Oc3ccccc32)o1. The van der Waals surface area contributed by atoms with E-state index in [-0.39, 0.29) is 30.4 Å². The Hall–Kier alpha value is -2.80. The predicted octanol–water partition coefficient (Wildman–Crippen LogP) is 3.55. The number of benzene rings is 1. The summed E-state index contributed by atoms with van der Waals surface area (Å²) in [6.07, 6.45) is 1.33. The standard InChI is InChI=1S/C24H30N2O5/c1-16(2)23-24(28)26(20-8-4-5-9-21(20)31-23)15-22(27)25(13-18-7-6-12-29-18)14-19-11-10-17(3)30-19/h4-5,8-11,16,18,23H,6-7,12-15H2,1-3H3/t18-,23-/m0/s1. The zero-order chi connectivity index (χ0) is 22.0. The third kappa shape index (κ3) is 4.77. The summed E-state index contributed by atoms with van der Waals surface area (Å²) in [6, 6.07) is 11.1. The average Bonchev–Trinajstić information content (AvgIpc) is 3.40. The van der Waals surface area contributed by atoms with Crippen molar-refractivity contribution in [1.82, 2.24) is 4.90 Å². The maximum absolute atomic E-state index is 13.4. The zero-order valence-electron chi connectivity index (χ0n) is 18.4. The molecule has 31 heavy (non-hydrogen) atoms. The van der Waals surface area contributed by atoms with Gasteiger partial charge in [0.1, 0.15) is 23.8 Å². The highest BCUT2D eigenvalue weighted by atomic mass is 16.5. The van der Waals surface area contributed by atoms with E-state index >= 15 is 0 Å². The lowest BCUT2D eigenvalue weighted by Crippen LogP contribution is -2.52. The second-order valence-corrected chi connectivity index (χ2v) is 8.60. The summed E-state index contributed by atoms with van der Waals surface area (Å²) in [5.74, 6) is 1.81. The fraction of sp³-hybridized carbons (Fsp3) is 0.500. The Kier molecular flexibility index (Phi) is 6.32. The quantitative estimate of drug-likeness (QED) is 0.677. The first-order valence-electron chi connectivity index (χ1n) is 10.9. The number of furan rings is 1. The van der Waals surface area contributed by atoms with Crippen LogP contribution in [0.1, 0.15) is 38.2 Å². The van der Waals surface area contributed by atoms with Crippen molar-refractivity contribution in [2.75, 3.05) is 24.6 Å². The third-order valence-corrected chi connectivity index (χ3v) is 5.76. The number of para-hydroxylation sites is 2. The molecule has 2 amide bonds. The largest absolute Gasteiger partial charge is 0.478 e. The van der Waals surface area contributed by atoms with Gasteiger partial charge in [0, 0.05) is 13.2 Å². The highest BCUT2D eigenvalue weighted by Gasteiger charge is 2.38. The first-order valence-corrected chi connectivity index (χ1v) is 10.9. The van der Waals surface area contributed by atoms with Gasteiger partial charge in [-0.15, -0.1) is 0 Å². The van der Waals surface area contributed by atoms with E-state index in [0.29, 0.717) is 24.5 Å². The molecule has 2 aliphatic rings. The molecular formula is C24H30N2O5. The normalized spacial score (nSPS) is 20.6. The number of fused-ring (bicyclic) bond motifs is 1. The summed E-state index contributed by atoms with van der Waals surface area (Å²) in [5, 5.41) is 0. The van der Waals surface area contributed by atoms with Crippen LogP contribution in [0.4, 0.5) is 5.69 Å². The van der Waals surface area contributed by atoms with E-state index < -0.39 is 6.10 Å². The van der Waals surface area contributed by atoms with Crippen molar-refractivity contribution in [2.24, 2.45) is 5.92 Å². The van der Waals surface area contributed by atoms with Crippen LogP contribution in [0.3, 0.4) is 0 Å². The second-order valence-electron chi connectivity index (χ2n) is 8.60. The zero-order valence-corrected chi connectivity index (χ0v) is 18.4. The number of nitrogens with zero attached hydrogens (tertiary/aromatic N) is 2. The molecule has 0 radical (unpaired) electrons. The molecule has 0 aliphatic carbocycles. The number of aryl methyl sites for hydroxylation is 1. The third-order valence-electron chi connectivity index (χ3n) is 5.76. The maximum Gasteiger partial charge on any atom is 0.268 e. The number of hydrogen-bond donors (Lipinski definition) is 0. The fourth-order valence-electron chi connectivity index (χ4n) is 4.11. The molecule has 0 unspecified atom stereocenters. The molecule has 0 bridgehead atoms. The molecule has 2 atom stereocenters. The molecule has 1 fully saturated rings. The van der Waals surface area contributed by atoms with E-state index in [1.807, 2.05) is 57.2 Å². The molecule has 3 heterocycles. The van der Waals surface area contributed by atoms with Crippen molar-refractivity contribution in [2.45, 2.75) is 52.4 Å². The molecule has 0 N–H and O–H groups in total. The van der Waals surface area contributed by atoms with Gasteiger partial charge in [0.15, 0.2) is 6.10 Å². The highest BCUT2D eigenvalue weighted by molar-refractivity contribution is 6.04. The molecule has 2 aromatic rings. The summed E-state index contributed by atoms with van der Waals surface area (Å²) in [6.45, 7) is 7.27. The Morgan fingerprint density at radius 3 is 2.71 bits per heavy atom. The number of carbonyl (C=O) groups excluding carboxylic acids is 2. The number of rotatable bonds is 7. The van der Waals surface area contributed by atoms with Gasteiger partial charge in [0.25, 0.3) is 5.91 Å². The first kappa shape index (κ1) is 21.4. The summed E-state index contributed by atoms with van der Waals surface area (Å²) in [5.41, 5.74) is 0.628. The topological polar surface area (TPSA) is 72.2 Å². The Balaban J connectivity index is 1.56. The van der Waals surface area contributed by atoms with Crippen LogP contribution in [0, 0.1) is 12.8 Å². The molecule has 2 aliphatic heterocycles. The minimum Gasteiger partial charge on any atom is -0.478 e. The van der Waals surface area contributed by atoms with E-state index in [0.717, 1.165) is 31.0 Å². The summed E-state index contributed by atoms with van der Waals surface area (Å²) >= 11 is 0. The van der Waals surface area contributed by atoms with Crippen molar-refractivity contribution < 1.29 is 23.5 Å². The number of hydrogen-bond acceptors (Lipinski definition) is 5. The van der Waals surface area contributed by atoms with Crippen LogP contribution >= 0.6 is 0 Å². The van der Waals surface area contributed by atoms with Gasteiger partial charge in [-0.1, -0.05) is 26.0 Å². The van der Waals surface area contributed by atoms with Crippen LogP contribution in [-0.2, 0) is 20.9 Å². The van der Waals surface area contributed by atoms with Crippen LogP contribution in [0.15, 0.2) is 40.8 Å². The van der Waals surface area contributed by atoms with Crippen molar-refractivity contribution >= 4 is 17.5 Å². The predicted molar refractivity (Wildman–Crippen MR) is 116 cm³/mol.